The highest BCUT2D eigenvalue weighted by atomic mass is 19.4. The van der Waals surface area contributed by atoms with Crippen LogP contribution in [0, 0.1) is 5.82 Å². The molecule has 4 heterocycles. The van der Waals surface area contributed by atoms with Crippen LogP contribution in [-0.4, -0.2) is 49.8 Å². The quantitative estimate of drug-likeness (QED) is 0.573. The normalized spacial score (nSPS) is 19.4. The van der Waals surface area contributed by atoms with Crippen LogP contribution in [-0.2, 0) is 5.60 Å². The Labute approximate surface area is 162 Å². The molecule has 1 aliphatic heterocycles. The van der Waals surface area contributed by atoms with Crippen molar-refractivity contribution in [1.82, 2.24) is 24.7 Å². The van der Waals surface area contributed by atoms with Crippen LogP contribution >= 0.6 is 0 Å². The number of imidazole rings is 1. The van der Waals surface area contributed by atoms with Crippen molar-refractivity contribution in [3.8, 4) is 11.4 Å². The van der Waals surface area contributed by atoms with Crippen LogP contribution in [0.15, 0.2) is 30.7 Å². The molecule has 0 aromatic carbocycles. The fourth-order valence-corrected chi connectivity index (χ4v) is 3.16. The summed E-state index contributed by atoms with van der Waals surface area (Å²) in [6.07, 6.45) is -0.540. The average Bonchev–Trinajstić information content (AvgIpc) is 3.29. The van der Waals surface area contributed by atoms with Gasteiger partial charge in [-0.2, -0.15) is 13.2 Å². The third kappa shape index (κ3) is 3.62. The van der Waals surface area contributed by atoms with Gasteiger partial charge in [-0.3, -0.25) is 9.38 Å². The minimum absolute atomic E-state index is 0.108. The first-order valence-electron chi connectivity index (χ1n) is 8.93. The molecule has 4 rings (SSSR count). The molecule has 1 saturated heterocycles. The highest BCUT2D eigenvalue weighted by Gasteiger charge is 2.52. The van der Waals surface area contributed by atoms with Crippen LogP contribution in [0.25, 0.3) is 17.0 Å². The van der Waals surface area contributed by atoms with Gasteiger partial charge in [-0.25, -0.2) is 14.4 Å². The maximum atomic E-state index is 14.2. The predicted octanol–water partition coefficient (Wildman–Crippen LogP) is 2.47. The van der Waals surface area contributed by atoms with Crippen LogP contribution in [0.1, 0.15) is 19.0 Å². The molecular weight excluding hydrogens is 392 g/mol. The zero-order valence-corrected chi connectivity index (χ0v) is 15.3. The van der Waals surface area contributed by atoms with Gasteiger partial charge in [0.1, 0.15) is 11.6 Å². The molecule has 0 aliphatic carbocycles. The molecule has 1 fully saturated rings. The van der Waals surface area contributed by atoms with Gasteiger partial charge in [0, 0.05) is 30.9 Å². The number of rotatable bonds is 4. The van der Waals surface area contributed by atoms with E-state index in [9.17, 15) is 22.7 Å². The van der Waals surface area contributed by atoms with Gasteiger partial charge < -0.3 is 15.7 Å². The third-order valence-corrected chi connectivity index (χ3v) is 4.91. The molecule has 7 nitrogen and oxygen atoms in total. The number of fused-ring (bicyclic) bond motifs is 1. The molecule has 2 atom stereocenters. The number of nitrogens with zero attached hydrogens (tertiary/aromatic N) is 4. The molecule has 0 saturated carbocycles. The van der Waals surface area contributed by atoms with Crippen molar-refractivity contribution in [2.24, 2.45) is 0 Å². The Morgan fingerprint density at radius 1 is 1.24 bits per heavy atom. The lowest BCUT2D eigenvalue weighted by molar-refractivity contribution is -0.260. The number of hydrogen-bond donors (Lipinski definition) is 3. The summed E-state index contributed by atoms with van der Waals surface area (Å²) in [6.45, 7) is 2.20. The third-order valence-electron chi connectivity index (χ3n) is 4.91. The average molecular weight is 410 g/mol. The lowest BCUT2D eigenvalue weighted by Gasteiger charge is -2.25. The van der Waals surface area contributed by atoms with Crippen LogP contribution in [0.4, 0.5) is 23.4 Å². The highest BCUT2D eigenvalue weighted by Crippen LogP contribution is 2.37. The molecule has 3 N–H and O–H groups in total. The number of aromatic nitrogens is 4. The molecule has 11 heteroatoms. The van der Waals surface area contributed by atoms with E-state index in [1.54, 1.807) is 0 Å². The Hall–Kier alpha value is -2.79. The SMILES string of the molecule is CC(O)(c1cn2c(-c3cc(F)cc(N[C@@H]4CCNC4)n3)cnc2cn1)C(F)(F)F. The van der Waals surface area contributed by atoms with Crippen LogP contribution in [0.5, 0.6) is 0 Å². The number of nitrogens with one attached hydrogen (secondary N) is 2. The number of hydrogen-bond acceptors (Lipinski definition) is 6. The van der Waals surface area contributed by atoms with E-state index in [1.807, 2.05) is 0 Å². The second-order valence-corrected chi connectivity index (χ2v) is 7.10. The summed E-state index contributed by atoms with van der Waals surface area (Å²) < 4.78 is 55.0. The maximum Gasteiger partial charge on any atom is 0.422 e. The number of anilines is 1. The van der Waals surface area contributed by atoms with E-state index >= 15 is 0 Å². The molecule has 3 aromatic rings. The smallest absolute Gasteiger partial charge is 0.375 e. The Balaban J connectivity index is 1.76. The predicted molar refractivity (Wildman–Crippen MR) is 96.7 cm³/mol. The molecule has 0 spiro atoms. The molecule has 0 amide bonds. The van der Waals surface area contributed by atoms with Crippen molar-refractivity contribution < 1.29 is 22.7 Å². The summed E-state index contributed by atoms with van der Waals surface area (Å²) in [5.74, 6) is -0.227. The standard InChI is InChI=1S/C18H18F4N6O/c1-17(29,18(20,21)22)14-9-28-13(7-25-16(28)8-24-14)12-4-10(19)5-15(27-12)26-11-2-3-23-6-11/h4-5,7-9,11,23,29H,2-3,6H2,1H3,(H,26,27)/t11-,17?/m1/s1. The summed E-state index contributed by atoms with van der Waals surface area (Å²) in [4.78, 5) is 12.2. The van der Waals surface area contributed by atoms with Gasteiger partial charge >= 0.3 is 6.18 Å². The van der Waals surface area contributed by atoms with Crippen molar-refractivity contribution in [2.45, 2.75) is 31.2 Å². The Morgan fingerprint density at radius 2 is 2.03 bits per heavy atom. The minimum atomic E-state index is -4.92. The fourth-order valence-electron chi connectivity index (χ4n) is 3.16. The molecular formula is C18H18F4N6O. The maximum absolute atomic E-state index is 14.2. The summed E-state index contributed by atoms with van der Waals surface area (Å²) in [6, 6.07) is 2.53. The van der Waals surface area contributed by atoms with E-state index in [0.29, 0.717) is 12.7 Å². The first-order valence-corrected chi connectivity index (χ1v) is 8.93. The van der Waals surface area contributed by atoms with Gasteiger partial charge in [0.05, 0.1) is 29.5 Å². The van der Waals surface area contributed by atoms with Crippen LogP contribution in [0.3, 0.4) is 0 Å². The zero-order valence-electron chi connectivity index (χ0n) is 15.3. The van der Waals surface area contributed by atoms with Crippen molar-refractivity contribution in [2.75, 3.05) is 18.4 Å². The minimum Gasteiger partial charge on any atom is -0.375 e. The largest absolute Gasteiger partial charge is 0.422 e. The summed E-state index contributed by atoms with van der Waals surface area (Å²) >= 11 is 0. The van der Waals surface area contributed by atoms with Gasteiger partial charge in [-0.1, -0.05) is 0 Å². The Bertz CT molecular complexity index is 1040. The van der Waals surface area contributed by atoms with Gasteiger partial charge in [0.15, 0.2) is 5.65 Å². The second kappa shape index (κ2) is 6.92. The number of halogens is 4. The van der Waals surface area contributed by atoms with Crippen molar-refractivity contribution >= 4 is 11.5 Å². The lowest BCUT2D eigenvalue weighted by atomic mass is 10.0. The highest BCUT2D eigenvalue weighted by molar-refractivity contribution is 5.62. The number of aliphatic hydroxyl groups is 1. The monoisotopic (exact) mass is 410 g/mol. The van der Waals surface area contributed by atoms with Gasteiger partial charge in [-0.05, 0) is 19.9 Å². The van der Waals surface area contributed by atoms with Gasteiger partial charge in [-0.15, -0.1) is 0 Å². The molecule has 0 bridgehead atoms. The van der Waals surface area contributed by atoms with Crippen molar-refractivity contribution in [3.05, 3.63) is 42.2 Å². The zero-order chi connectivity index (χ0) is 20.8. The molecule has 3 aromatic heterocycles. The number of pyridine rings is 1. The summed E-state index contributed by atoms with van der Waals surface area (Å²) in [5.41, 5.74) is -3.06. The topological polar surface area (TPSA) is 87.4 Å². The number of alkyl halides is 3. The van der Waals surface area contributed by atoms with E-state index in [1.165, 1.54) is 22.7 Å². The molecule has 1 unspecified atom stereocenters. The van der Waals surface area contributed by atoms with Gasteiger partial charge in [0.25, 0.3) is 0 Å². The van der Waals surface area contributed by atoms with E-state index in [-0.39, 0.29) is 23.1 Å². The van der Waals surface area contributed by atoms with Crippen molar-refractivity contribution in [1.29, 1.82) is 0 Å². The molecule has 1 aliphatic rings. The summed E-state index contributed by atoms with van der Waals surface area (Å²) in [5, 5.41) is 16.2. The molecule has 29 heavy (non-hydrogen) atoms. The second-order valence-electron chi connectivity index (χ2n) is 7.10. The van der Waals surface area contributed by atoms with Gasteiger partial charge in [0.2, 0.25) is 5.60 Å². The first kappa shape index (κ1) is 19.5. The fraction of sp³-hybridized carbons (Fsp3) is 0.389. The molecule has 0 radical (unpaired) electrons. The Kier molecular flexibility index (Phi) is 4.66. The van der Waals surface area contributed by atoms with Crippen LogP contribution in [0.2, 0.25) is 0 Å². The lowest BCUT2D eigenvalue weighted by Crippen LogP contribution is -2.40. The summed E-state index contributed by atoms with van der Waals surface area (Å²) in [7, 11) is 0. The van der Waals surface area contributed by atoms with E-state index < -0.39 is 23.3 Å². The molecule has 154 valence electrons. The van der Waals surface area contributed by atoms with Crippen molar-refractivity contribution in [3.63, 3.8) is 0 Å². The van der Waals surface area contributed by atoms with E-state index in [0.717, 1.165) is 31.9 Å². The van der Waals surface area contributed by atoms with Crippen LogP contribution < -0.4 is 10.6 Å². The Morgan fingerprint density at radius 3 is 2.72 bits per heavy atom. The first-order chi connectivity index (χ1) is 13.6. The van der Waals surface area contributed by atoms with E-state index in [4.69, 9.17) is 0 Å². The van der Waals surface area contributed by atoms with E-state index in [2.05, 4.69) is 25.6 Å².